The summed E-state index contributed by atoms with van der Waals surface area (Å²) in [5, 5.41) is 12.3. The molecule has 1 aromatic heterocycles. The highest BCUT2D eigenvalue weighted by Gasteiger charge is 2.23. The Morgan fingerprint density at radius 1 is 1.00 bits per heavy atom. The molecular weight excluding hydrogens is 506 g/mol. The Bertz CT molecular complexity index is 1540. The lowest BCUT2D eigenvalue weighted by molar-refractivity contribution is 0.0774. The molecule has 0 amide bonds. The van der Waals surface area contributed by atoms with Crippen molar-refractivity contribution in [2.45, 2.75) is 31.8 Å². The second kappa shape index (κ2) is 11.2. The molecule has 0 fully saturated rings. The molecule has 0 aliphatic rings. The maximum atomic E-state index is 11.8. The van der Waals surface area contributed by atoms with Gasteiger partial charge in [0, 0.05) is 16.3 Å². The van der Waals surface area contributed by atoms with E-state index in [0.29, 0.717) is 11.4 Å². The van der Waals surface area contributed by atoms with Crippen molar-refractivity contribution in [1.29, 1.82) is 0 Å². The fraction of sp³-hybridized carbons (Fsp3) is 0.233. The van der Waals surface area contributed by atoms with Gasteiger partial charge in [0.1, 0.15) is 0 Å². The standard InChI is InChI=1S/C30H30ClNO4S/c1-30(2,33)28-10-5-4-8-24(28)18-25(20-36-37(3,34)35)23-9-6-7-21(17-23)11-15-27-16-13-22-12-14-26(31)19-29(22)32-27/h4-17,19,25,33H,18,20H2,1-3H3/b15-11+. The van der Waals surface area contributed by atoms with E-state index in [1.54, 1.807) is 13.8 Å². The van der Waals surface area contributed by atoms with E-state index in [2.05, 4.69) is 4.98 Å². The lowest BCUT2D eigenvalue weighted by atomic mass is 9.85. The number of hydrogen-bond donors (Lipinski definition) is 1. The third-order valence-electron chi connectivity index (χ3n) is 6.13. The van der Waals surface area contributed by atoms with Gasteiger partial charge in [0.15, 0.2) is 0 Å². The van der Waals surface area contributed by atoms with E-state index in [0.717, 1.165) is 45.1 Å². The molecule has 0 bridgehead atoms. The minimum absolute atomic E-state index is 0.000812. The summed E-state index contributed by atoms with van der Waals surface area (Å²) in [6, 6.07) is 25.2. The van der Waals surface area contributed by atoms with Gasteiger partial charge < -0.3 is 5.11 Å². The van der Waals surface area contributed by atoms with Crippen LogP contribution in [0.1, 0.15) is 47.7 Å². The Labute approximate surface area is 223 Å². The van der Waals surface area contributed by atoms with Crippen molar-refractivity contribution in [3.63, 3.8) is 0 Å². The molecule has 192 valence electrons. The van der Waals surface area contributed by atoms with Crippen LogP contribution in [0.2, 0.25) is 5.02 Å². The van der Waals surface area contributed by atoms with Crippen molar-refractivity contribution in [3.8, 4) is 0 Å². The Kier molecular flexibility index (Phi) is 8.14. The molecule has 7 heteroatoms. The van der Waals surface area contributed by atoms with Crippen LogP contribution in [0.3, 0.4) is 0 Å². The average Bonchev–Trinajstić information content (AvgIpc) is 2.84. The minimum atomic E-state index is -3.62. The predicted molar refractivity (Wildman–Crippen MR) is 151 cm³/mol. The summed E-state index contributed by atoms with van der Waals surface area (Å²) in [7, 11) is -3.62. The van der Waals surface area contributed by atoms with Crippen molar-refractivity contribution in [2.75, 3.05) is 12.9 Å². The average molecular weight is 536 g/mol. The van der Waals surface area contributed by atoms with Crippen molar-refractivity contribution in [3.05, 3.63) is 112 Å². The van der Waals surface area contributed by atoms with E-state index >= 15 is 0 Å². The number of hydrogen-bond acceptors (Lipinski definition) is 5. The van der Waals surface area contributed by atoms with Crippen LogP contribution in [0.25, 0.3) is 23.1 Å². The smallest absolute Gasteiger partial charge is 0.264 e. The zero-order valence-electron chi connectivity index (χ0n) is 21.1. The number of rotatable bonds is 9. The summed E-state index contributed by atoms with van der Waals surface area (Å²) in [5.41, 5.74) is 4.24. The van der Waals surface area contributed by atoms with Gasteiger partial charge in [-0.05, 0) is 66.8 Å². The summed E-state index contributed by atoms with van der Waals surface area (Å²) in [4.78, 5) is 4.67. The first-order valence-corrected chi connectivity index (χ1v) is 14.2. The van der Waals surface area contributed by atoms with E-state index in [1.807, 2.05) is 91.0 Å². The van der Waals surface area contributed by atoms with Gasteiger partial charge in [-0.3, -0.25) is 4.18 Å². The second-order valence-electron chi connectivity index (χ2n) is 9.68. The second-order valence-corrected chi connectivity index (χ2v) is 11.8. The van der Waals surface area contributed by atoms with Crippen LogP contribution in [0, 0.1) is 0 Å². The molecular formula is C30H30ClNO4S. The summed E-state index contributed by atoms with van der Waals surface area (Å²) in [6.07, 6.45) is 5.47. The highest BCUT2D eigenvalue weighted by atomic mass is 35.5. The van der Waals surface area contributed by atoms with E-state index in [9.17, 15) is 13.5 Å². The summed E-state index contributed by atoms with van der Waals surface area (Å²) < 4.78 is 28.8. The topological polar surface area (TPSA) is 76.5 Å². The van der Waals surface area contributed by atoms with E-state index < -0.39 is 15.7 Å². The lowest BCUT2D eigenvalue weighted by Crippen LogP contribution is -2.20. The summed E-state index contributed by atoms with van der Waals surface area (Å²) >= 11 is 6.12. The maximum absolute atomic E-state index is 11.8. The van der Waals surface area contributed by atoms with Gasteiger partial charge in [-0.1, -0.05) is 78.3 Å². The van der Waals surface area contributed by atoms with Gasteiger partial charge in [-0.25, -0.2) is 4.98 Å². The van der Waals surface area contributed by atoms with Crippen molar-refractivity contribution in [2.24, 2.45) is 0 Å². The molecule has 1 atom stereocenters. The molecule has 0 aliphatic heterocycles. The first-order chi connectivity index (χ1) is 17.5. The molecule has 0 saturated heterocycles. The Balaban J connectivity index is 1.63. The zero-order chi connectivity index (χ0) is 26.6. The molecule has 0 saturated carbocycles. The van der Waals surface area contributed by atoms with Gasteiger partial charge >= 0.3 is 0 Å². The molecule has 4 rings (SSSR count). The Morgan fingerprint density at radius 2 is 1.76 bits per heavy atom. The Hall–Kier alpha value is -3.03. The molecule has 4 aromatic rings. The van der Waals surface area contributed by atoms with E-state index in [-0.39, 0.29) is 12.5 Å². The number of benzene rings is 3. The zero-order valence-corrected chi connectivity index (χ0v) is 22.6. The number of aromatic nitrogens is 1. The fourth-order valence-electron chi connectivity index (χ4n) is 4.34. The van der Waals surface area contributed by atoms with Crippen LogP contribution in [0.15, 0.2) is 78.9 Å². The van der Waals surface area contributed by atoms with Gasteiger partial charge in [-0.15, -0.1) is 0 Å². The van der Waals surface area contributed by atoms with Gasteiger partial charge in [0.05, 0.1) is 29.7 Å². The number of pyridine rings is 1. The number of aliphatic hydroxyl groups is 1. The SMILES string of the molecule is CC(C)(O)c1ccccc1CC(COS(C)(=O)=O)c1cccc(/C=C/c2ccc3ccc(Cl)cc3n2)c1. The van der Waals surface area contributed by atoms with Crippen LogP contribution in [0.4, 0.5) is 0 Å². The molecule has 1 heterocycles. The highest BCUT2D eigenvalue weighted by molar-refractivity contribution is 7.85. The molecule has 3 aromatic carbocycles. The summed E-state index contributed by atoms with van der Waals surface area (Å²) in [6.45, 7) is 3.49. The van der Waals surface area contributed by atoms with Crippen molar-refractivity contribution in [1.82, 2.24) is 4.98 Å². The van der Waals surface area contributed by atoms with Gasteiger partial charge in [0.25, 0.3) is 10.1 Å². The molecule has 0 radical (unpaired) electrons. The van der Waals surface area contributed by atoms with Crippen LogP contribution < -0.4 is 0 Å². The number of fused-ring (bicyclic) bond motifs is 1. The molecule has 5 nitrogen and oxygen atoms in total. The molecule has 1 unspecified atom stereocenters. The van der Waals surface area contributed by atoms with Crippen LogP contribution in [-0.2, 0) is 26.3 Å². The van der Waals surface area contributed by atoms with E-state index in [1.165, 1.54) is 0 Å². The highest BCUT2D eigenvalue weighted by Crippen LogP contribution is 2.30. The third kappa shape index (κ3) is 7.49. The van der Waals surface area contributed by atoms with Crippen LogP contribution in [-0.4, -0.2) is 31.4 Å². The van der Waals surface area contributed by atoms with Crippen LogP contribution >= 0.6 is 11.6 Å². The predicted octanol–water partition coefficient (Wildman–Crippen LogP) is 6.59. The summed E-state index contributed by atoms with van der Waals surface area (Å²) in [5.74, 6) is -0.243. The number of nitrogens with zero attached hydrogens (tertiary/aromatic N) is 1. The monoisotopic (exact) mass is 535 g/mol. The van der Waals surface area contributed by atoms with Crippen molar-refractivity contribution >= 4 is 44.8 Å². The molecule has 0 spiro atoms. The van der Waals surface area contributed by atoms with Crippen LogP contribution in [0.5, 0.6) is 0 Å². The Morgan fingerprint density at radius 3 is 2.51 bits per heavy atom. The molecule has 37 heavy (non-hydrogen) atoms. The lowest BCUT2D eigenvalue weighted by Gasteiger charge is -2.24. The normalized spacial score (nSPS) is 13.3. The number of halogens is 1. The minimum Gasteiger partial charge on any atom is -0.386 e. The van der Waals surface area contributed by atoms with Gasteiger partial charge in [-0.2, -0.15) is 8.42 Å². The molecule has 0 aliphatic carbocycles. The van der Waals surface area contributed by atoms with Gasteiger partial charge in [0.2, 0.25) is 0 Å². The largest absolute Gasteiger partial charge is 0.386 e. The first-order valence-electron chi connectivity index (χ1n) is 12.0. The van der Waals surface area contributed by atoms with Crippen molar-refractivity contribution < 1.29 is 17.7 Å². The quantitative estimate of drug-likeness (QED) is 0.245. The molecule has 1 N–H and O–H groups in total. The first kappa shape index (κ1) is 27.0. The van der Waals surface area contributed by atoms with E-state index in [4.69, 9.17) is 15.8 Å². The third-order valence-corrected chi connectivity index (χ3v) is 6.93. The maximum Gasteiger partial charge on any atom is 0.264 e. The fourth-order valence-corrected chi connectivity index (χ4v) is 4.91.